The molecule has 1 heterocycles. The van der Waals surface area contributed by atoms with E-state index in [0.717, 1.165) is 22.3 Å². The van der Waals surface area contributed by atoms with Gasteiger partial charge in [-0.05, 0) is 30.7 Å². The van der Waals surface area contributed by atoms with Crippen LogP contribution in [0.4, 0.5) is 5.69 Å². The lowest BCUT2D eigenvalue weighted by Gasteiger charge is -2.39. The first kappa shape index (κ1) is 13.4. The Labute approximate surface area is 115 Å². The number of anilines is 1. The van der Waals surface area contributed by atoms with Crippen LogP contribution in [0.3, 0.4) is 0 Å². The second-order valence-corrected chi connectivity index (χ2v) is 5.44. The van der Waals surface area contributed by atoms with Crippen molar-refractivity contribution in [3.63, 3.8) is 0 Å². The summed E-state index contributed by atoms with van der Waals surface area (Å²) >= 11 is 3.46. The molecule has 1 amide bonds. The van der Waals surface area contributed by atoms with Crippen LogP contribution in [0.15, 0.2) is 22.7 Å². The molecule has 1 atom stereocenters. The van der Waals surface area contributed by atoms with Crippen molar-refractivity contribution in [1.82, 2.24) is 4.90 Å². The van der Waals surface area contributed by atoms with Crippen molar-refractivity contribution < 1.29 is 9.90 Å². The van der Waals surface area contributed by atoms with Crippen LogP contribution in [0.2, 0.25) is 0 Å². The number of aliphatic hydroxyl groups excluding tert-OH is 1. The third-order valence-electron chi connectivity index (χ3n) is 3.36. The topological polar surface area (TPSA) is 43.8 Å². The van der Waals surface area contributed by atoms with Crippen LogP contribution in [-0.2, 0) is 4.79 Å². The number of likely N-dealkylation sites (N-methyl/N-ethyl adjacent to an activating group) is 1. The molecule has 0 spiro atoms. The molecular weight excluding hydrogens is 296 g/mol. The molecule has 0 aromatic heterocycles. The summed E-state index contributed by atoms with van der Waals surface area (Å²) in [6, 6.07) is 5.51. The summed E-state index contributed by atoms with van der Waals surface area (Å²) in [7, 11) is 1.77. The molecular formula is C13H17BrN2O2. The number of benzene rings is 1. The molecule has 1 aliphatic heterocycles. The van der Waals surface area contributed by atoms with Gasteiger partial charge in [0.15, 0.2) is 0 Å². The maximum Gasteiger partial charge on any atom is 0.247 e. The van der Waals surface area contributed by atoms with E-state index in [9.17, 15) is 9.90 Å². The van der Waals surface area contributed by atoms with E-state index in [-0.39, 0.29) is 12.5 Å². The minimum absolute atomic E-state index is 0.0238. The fraction of sp³-hybridized carbons (Fsp3) is 0.462. The van der Waals surface area contributed by atoms with Gasteiger partial charge in [0.05, 0.1) is 6.61 Å². The zero-order valence-electron chi connectivity index (χ0n) is 10.6. The van der Waals surface area contributed by atoms with E-state index in [1.807, 2.05) is 30.0 Å². The summed E-state index contributed by atoms with van der Waals surface area (Å²) in [4.78, 5) is 15.7. The number of aryl methyl sites for hydroxylation is 1. The van der Waals surface area contributed by atoms with E-state index < -0.39 is 6.04 Å². The predicted molar refractivity (Wildman–Crippen MR) is 74.7 cm³/mol. The third kappa shape index (κ3) is 2.37. The highest BCUT2D eigenvalue weighted by Crippen LogP contribution is 2.26. The molecule has 4 nitrogen and oxygen atoms in total. The monoisotopic (exact) mass is 312 g/mol. The predicted octanol–water partition coefficient (Wildman–Crippen LogP) is 1.40. The van der Waals surface area contributed by atoms with E-state index in [0.29, 0.717) is 6.54 Å². The average Bonchev–Trinajstić information content (AvgIpc) is 2.36. The van der Waals surface area contributed by atoms with Crippen LogP contribution >= 0.6 is 15.9 Å². The number of aliphatic hydroxyl groups is 1. The first-order chi connectivity index (χ1) is 8.54. The number of amides is 1. The first-order valence-corrected chi connectivity index (χ1v) is 6.72. The third-order valence-corrected chi connectivity index (χ3v) is 4.25. The van der Waals surface area contributed by atoms with Gasteiger partial charge in [0.1, 0.15) is 6.04 Å². The molecule has 2 rings (SSSR count). The lowest BCUT2D eigenvalue weighted by atomic mass is 10.1. The van der Waals surface area contributed by atoms with Crippen LogP contribution in [-0.4, -0.2) is 48.7 Å². The van der Waals surface area contributed by atoms with Gasteiger partial charge in [-0.15, -0.1) is 0 Å². The minimum Gasteiger partial charge on any atom is -0.394 e. The van der Waals surface area contributed by atoms with Crippen molar-refractivity contribution >= 4 is 27.5 Å². The average molecular weight is 313 g/mol. The molecule has 1 N–H and O–H groups in total. The molecule has 1 fully saturated rings. The molecule has 1 aromatic carbocycles. The summed E-state index contributed by atoms with van der Waals surface area (Å²) in [5, 5.41) is 9.44. The standard InChI is InChI=1S/C13H17BrN2O2/c1-9-7-10(3-4-11(9)14)16-6-5-15(2)13(18)12(16)8-17/h3-4,7,12,17H,5-6,8H2,1-2H3. The SMILES string of the molecule is Cc1cc(N2CCN(C)C(=O)C2CO)ccc1Br. The van der Waals surface area contributed by atoms with E-state index in [2.05, 4.69) is 15.9 Å². The minimum atomic E-state index is -0.468. The number of hydrogen-bond donors (Lipinski definition) is 1. The zero-order valence-corrected chi connectivity index (χ0v) is 12.1. The summed E-state index contributed by atoms with van der Waals surface area (Å²) in [5.41, 5.74) is 2.10. The highest BCUT2D eigenvalue weighted by atomic mass is 79.9. The quantitative estimate of drug-likeness (QED) is 0.897. The van der Waals surface area contributed by atoms with Crippen molar-refractivity contribution in [3.8, 4) is 0 Å². The number of piperazine rings is 1. The van der Waals surface area contributed by atoms with E-state index in [4.69, 9.17) is 0 Å². The zero-order chi connectivity index (χ0) is 13.3. The Balaban J connectivity index is 2.31. The van der Waals surface area contributed by atoms with Gasteiger partial charge >= 0.3 is 0 Å². The molecule has 98 valence electrons. The van der Waals surface area contributed by atoms with E-state index >= 15 is 0 Å². The van der Waals surface area contributed by atoms with E-state index in [1.165, 1.54) is 0 Å². The lowest BCUT2D eigenvalue weighted by molar-refractivity contribution is -0.133. The second kappa shape index (κ2) is 5.28. The molecule has 0 saturated carbocycles. The van der Waals surface area contributed by atoms with Crippen LogP contribution in [0.1, 0.15) is 5.56 Å². The van der Waals surface area contributed by atoms with Crippen LogP contribution in [0.5, 0.6) is 0 Å². The smallest absolute Gasteiger partial charge is 0.247 e. The van der Waals surface area contributed by atoms with Crippen molar-refractivity contribution in [3.05, 3.63) is 28.2 Å². The Morgan fingerprint density at radius 2 is 2.17 bits per heavy atom. The Kier molecular flexibility index (Phi) is 3.92. The van der Waals surface area contributed by atoms with Gasteiger partial charge in [-0.2, -0.15) is 0 Å². The Morgan fingerprint density at radius 1 is 1.44 bits per heavy atom. The van der Waals surface area contributed by atoms with Crippen LogP contribution in [0.25, 0.3) is 0 Å². The van der Waals surface area contributed by atoms with Crippen molar-refractivity contribution in [2.24, 2.45) is 0 Å². The maximum atomic E-state index is 12.0. The lowest BCUT2D eigenvalue weighted by Crippen LogP contribution is -2.57. The molecule has 0 bridgehead atoms. The van der Waals surface area contributed by atoms with Gasteiger partial charge in [0, 0.05) is 30.3 Å². The van der Waals surface area contributed by atoms with Crippen LogP contribution < -0.4 is 4.90 Å². The van der Waals surface area contributed by atoms with Crippen molar-refractivity contribution in [2.75, 3.05) is 31.6 Å². The van der Waals surface area contributed by atoms with Crippen LogP contribution in [0, 0.1) is 6.92 Å². The molecule has 0 radical (unpaired) electrons. The highest BCUT2D eigenvalue weighted by Gasteiger charge is 2.32. The Hall–Kier alpha value is -1.07. The molecule has 1 aliphatic rings. The summed E-state index contributed by atoms with van der Waals surface area (Å²) in [6.07, 6.45) is 0. The Morgan fingerprint density at radius 3 is 2.78 bits per heavy atom. The fourth-order valence-electron chi connectivity index (χ4n) is 2.20. The second-order valence-electron chi connectivity index (χ2n) is 4.59. The van der Waals surface area contributed by atoms with Gasteiger partial charge in [0.2, 0.25) is 5.91 Å². The number of hydrogen-bond acceptors (Lipinski definition) is 3. The summed E-state index contributed by atoms with van der Waals surface area (Å²) in [6.45, 7) is 3.29. The van der Waals surface area contributed by atoms with Crippen molar-refractivity contribution in [1.29, 1.82) is 0 Å². The van der Waals surface area contributed by atoms with Crippen molar-refractivity contribution in [2.45, 2.75) is 13.0 Å². The van der Waals surface area contributed by atoms with Gasteiger partial charge in [-0.3, -0.25) is 4.79 Å². The van der Waals surface area contributed by atoms with Gasteiger partial charge in [-0.25, -0.2) is 0 Å². The molecule has 0 aliphatic carbocycles. The number of carbonyl (C=O) groups is 1. The number of nitrogens with zero attached hydrogens (tertiary/aromatic N) is 2. The van der Waals surface area contributed by atoms with Gasteiger partial charge in [0.25, 0.3) is 0 Å². The highest BCUT2D eigenvalue weighted by molar-refractivity contribution is 9.10. The van der Waals surface area contributed by atoms with Gasteiger partial charge in [-0.1, -0.05) is 15.9 Å². The van der Waals surface area contributed by atoms with Gasteiger partial charge < -0.3 is 14.9 Å². The molecule has 5 heteroatoms. The summed E-state index contributed by atoms with van der Waals surface area (Å²) in [5.74, 6) is -0.0238. The number of halogens is 1. The molecule has 1 aromatic rings. The number of carbonyl (C=O) groups excluding carboxylic acids is 1. The normalized spacial score (nSPS) is 20.4. The first-order valence-electron chi connectivity index (χ1n) is 5.93. The fourth-order valence-corrected chi connectivity index (χ4v) is 2.45. The molecule has 18 heavy (non-hydrogen) atoms. The maximum absolute atomic E-state index is 12.0. The molecule has 1 unspecified atom stereocenters. The largest absolute Gasteiger partial charge is 0.394 e. The Bertz CT molecular complexity index is 464. The van der Waals surface area contributed by atoms with E-state index in [1.54, 1.807) is 11.9 Å². The molecule has 1 saturated heterocycles. The number of rotatable bonds is 2. The summed E-state index contributed by atoms with van der Waals surface area (Å²) < 4.78 is 1.05.